The van der Waals surface area contributed by atoms with E-state index in [4.69, 9.17) is 0 Å². The fourth-order valence-corrected chi connectivity index (χ4v) is 1.19. The van der Waals surface area contributed by atoms with Crippen LogP contribution in [0.4, 0.5) is 5.69 Å². The van der Waals surface area contributed by atoms with Crippen molar-refractivity contribution in [1.29, 1.82) is 0 Å². The quantitative estimate of drug-likeness (QED) is 0.676. The summed E-state index contributed by atoms with van der Waals surface area (Å²) in [5, 5.41) is 10.3. The zero-order valence-corrected chi connectivity index (χ0v) is 7.86. The Kier molecular flexibility index (Phi) is 2.13. The lowest BCUT2D eigenvalue weighted by Crippen LogP contribution is -2.13. The van der Waals surface area contributed by atoms with E-state index in [1.54, 1.807) is 13.1 Å². The monoisotopic (exact) mass is 205 g/mol. The van der Waals surface area contributed by atoms with Crippen molar-refractivity contribution < 1.29 is 4.79 Å². The number of nitroso groups, excluding NO2 is 1. The fraction of sp³-hybridized carbons (Fsp3) is 0.125. The number of hydrogen-bond acceptors (Lipinski definition) is 5. The maximum absolute atomic E-state index is 11.7. The van der Waals surface area contributed by atoms with Gasteiger partial charge in [-0.25, -0.2) is 4.68 Å². The van der Waals surface area contributed by atoms with E-state index in [0.717, 1.165) is 4.68 Å². The van der Waals surface area contributed by atoms with Crippen LogP contribution in [0.1, 0.15) is 10.5 Å². The van der Waals surface area contributed by atoms with Gasteiger partial charge in [-0.3, -0.25) is 9.48 Å². The van der Waals surface area contributed by atoms with Crippen LogP contribution in [-0.2, 0) is 7.05 Å². The molecule has 7 nitrogen and oxygen atoms in total. The predicted octanol–water partition coefficient (Wildman–Crippen LogP) is 0.703. The van der Waals surface area contributed by atoms with E-state index in [1.165, 1.54) is 23.3 Å². The molecule has 0 bridgehead atoms. The zero-order chi connectivity index (χ0) is 10.8. The molecular formula is C8H7N5O2. The number of carbonyl (C=O) groups is 1. The van der Waals surface area contributed by atoms with Crippen molar-refractivity contribution in [2.24, 2.45) is 12.2 Å². The Hall–Kier alpha value is -2.31. The van der Waals surface area contributed by atoms with Gasteiger partial charge in [-0.1, -0.05) is 0 Å². The van der Waals surface area contributed by atoms with Gasteiger partial charge in [-0.15, -0.1) is 4.91 Å². The third kappa shape index (κ3) is 1.54. The summed E-state index contributed by atoms with van der Waals surface area (Å²) in [5.41, 5.74) is 0.00852. The molecule has 0 radical (unpaired) electrons. The molecule has 2 heterocycles. The smallest absolute Gasteiger partial charge is 0.273 e. The minimum Gasteiger partial charge on any atom is -0.273 e. The third-order valence-corrected chi connectivity index (χ3v) is 1.82. The van der Waals surface area contributed by atoms with Crippen LogP contribution in [-0.4, -0.2) is 25.5 Å². The Morgan fingerprint density at radius 2 is 2.33 bits per heavy atom. The van der Waals surface area contributed by atoms with Gasteiger partial charge in [0.25, 0.3) is 0 Å². The van der Waals surface area contributed by atoms with E-state index >= 15 is 0 Å². The molecule has 7 heteroatoms. The van der Waals surface area contributed by atoms with Crippen molar-refractivity contribution in [3.8, 4) is 0 Å². The number of hydrogen-bond donors (Lipinski definition) is 0. The molecule has 2 aromatic rings. The molecule has 2 aromatic heterocycles. The Morgan fingerprint density at radius 1 is 1.53 bits per heavy atom. The molecule has 0 aliphatic carbocycles. The highest BCUT2D eigenvalue weighted by atomic mass is 16.3. The lowest BCUT2D eigenvalue weighted by Gasteiger charge is -1.95. The minimum atomic E-state index is -0.477. The van der Waals surface area contributed by atoms with Crippen molar-refractivity contribution in [1.82, 2.24) is 19.6 Å². The summed E-state index contributed by atoms with van der Waals surface area (Å²) in [6.45, 7) is 0. The molecule has 0 atom stereocenters. The Balaban J connectivity index is 2.45. The zero-order valence-electron chi connectivity index (χ0n) is 7.86. The summed E-state index contributed by atoms with van der Waals surface area (Å²) >= 11 is 0. The van der Waals surface area contributed by atoms with Gasteiger partial charge < -0.3 is 0 Å². The molecule has 0 saturated heterocycles. The molecule has 0 unspecified atom stereocenters. The molecule has 0 amide bonds. The highest BCUT2D eigenvalue weighted by molar-refractivity contribution is 5.97. The third-order valence-electron chi connectivity index (χ3n) is 1.82. The largest absolute Gasteiger partial charge is 0.301 e. The molecule has 0 N–H and O–H groups in total. The maximum atomic E-state index is 11.7. The first-order valence-electron chi connectivity index (χ1n) is 4.13. The molecule has 0 aliphatic rings. The molecule has 0 fully saturated rings. The fourth-order valence-electron chi connectivity index (χ4n) is 1.19. The van der Waals surface area contributed by atoms with Crippen molar-refractivity contribution in [2.45, 2.75) is 0 Å². The van der Waals surface area contributed by atoms with E-state index in [1.807, 2.05) is 0 Å². The average molecular weight is 205 g/mol. The first-order chi connectivity index (χ1) is 7.22. The Bertz CT molecular complexity index is 499. The highest BCUT2D eigenvalue weighted by Crippen LogP contribution is 2.17. The normalized spacial score (nSPS) is 10.2. The Labute approximate surface area is 84.3 Å². The minimum absolute atomic E-state index is 0.00352. The van der Waals surface area contributed by atoms with Crippen molar-refractivity contribution in [3.63, 3.8) is 0 Å². The summed E-state index contributed by atoms with van der Waals surface area (Å²) in [7, 11) is 1.61. The van der Waals surface area contributed by atoms with E-state index in [2.05, 4.69) is 15.4 Å². The summed E-state index contributed by atoms with van der Waals surface area (Å²) in [6.07, 6.45) is 4.32. The van der Waals surface area contributed by atoms with E-state index in [0.29, 0.717) is 0 Å². The number of rotatable bonds is 2. The molecule has 0 spiro atoms. The summed E-state index contributed by atoms with van der Waals surface area (Å²) < 4.78 is 2.45. The number of aryl methyl sites for hydroxylation is 1. The van der Waals surface area contributed by atoms with Gasteiger partial charge in [-0.2, -0.15) is 10.2 Å². The first kappa shape index (κ1) is 9.25. The van der Waals surface area contributed by atoms with Crippen LogP contribution in [0.2, 0.25) is 0 Å². The second-order valence-electron chi connectivity index (χ2n) is 2.88. The molecule has 0 aliphatic heterocycles. The van der Waals surface area contributed by atoms with E-state index < -0.39 is 5.91 Å². The van der Waals surface area contributed by atoms with Gasteiger partial charge in [0.05, 0.1) is 6.20 Å². The van der Waals surface area contributed by atoms with Crippen molar-refractivity contribution in [2.75, 3.05) is 0 Å². The number of carbonyl (C=O) groups excluding carboxylic acids is 1. The van der Waals surface area contributed by atoms with Crippen LogP contribution < -0.4 is 0 Å². The standard InChI is InChI=1S/C8H7N5O2/c1-12-5-6(11-15)7(10-12)8(14)13-4-2-3-9-13/h2-5H,1H3. The second kappa shape index (κ2) is 3.45. The predicted molar refractivity (Wildman–Crippen MR) is 50.6 cm³/mol. The molecule has 76 valence electrons. The first-order valence-corrected chi connectivity index (χ1v) is 4.13. The molecular weight excluding hydrogens is 198 g/mol. The topological polar surface area (TPSA) is 82.1 Å². The average Bonchev–Trinajstić information content (AvgIpc) is 2.84. The lowest BCUT2D eigenvalue weighted by atomic mass is 10.3. The van der Waals surface area contributed by atoms with E-state index in [9.17, 15) is 9.70 Å². The van der Waals surface area contributed by atoms with E-state index in [-0.39, 0.29) is 11.4 Å². The Morgan fingerprint density at radius 3 is 2.93 bits per heavy atom. The van der Waals surface area contributed by atoms with Crippen molar-refractivity contribution >= 4 is 11.6 Å². The van der Waals surface area contributed by atoms with Crippen LogP contribution >= 0.6 is 0 Å². The highest BCUT2D eigenvalue weighted by Gasteiger charge is 2.18. The second-order valence-corrected chi connectivity index (χ2v) is 2.88. The summed E-state index contributed by atoms with van der Waals surface area (Å²) in [5.74, 6) is -0.477. The SMILES string of the molecule is Cn1cc(N=O)c(C(=O)n2cccn2)n1. The summed E-state index contributed by atoms with van der Waals surface area (Å²) in [4.78, 5) is 22.2. The maximum Gasteiger partial charge on any atom is 0.301 e. The van der Waals surface area contributed by atoms with Crippen LogP contribution in [0, 0.1) is 4.91 Å². The van der Waals surface area contributed by atoms with Crippen LogP contribution in [0.3, 0.4) is 0 Å². The molecule has 2 rings (SSSR count). The number of aromatic nitrogens is 4. The van der Waals surface area contributed by atoms with Crippen LogP contribution in [0.15, 0.2) is 29.8 Å². The molecule has 0 aromatic carbocycles. The lowest BCUT2D eigenvalue weighted by molar-refractivity contribution is 0.0940. The van der Waals surface area contributed by atoms with Crippen LogP contribution in [0.25, 0.3) is 0 Å². The van der Waals surface area contributed by atoms with Gasteiger partial charge in [0.2, 0.25) is 0 Å². The van der Waals surface area contributed by atoms with Gasteiger partial charge >= 0.3 is 5.91 Å². The van der Waals surface area contributed by atoms with Crippen molar-refractivity contribution in [3.05, 3.63) is 35.3 Å². The van der Waals surface area contributed by atoms with Gasteiger partial charge in [0.15, 0.2) is 11.4 Å². The van der Waals surface area contributed by atoms with Crippen LogP contribution in [0.5, 0.6) is 0 Å². The molecule has 15 heavy (non-hydrogen) atoms. The number of nitrogens with zero attached hydrogens (tertiary/aromatic N) is 5. The van der Waals surface area contributed by atoms with Gasteiger partial charge in [0, 0.05) is 19.4 Å². The van der Waals surface area contributed by atoms with Gasteiger partial charge in [0.1, 0.15) is 0 Å². The summed E-state index contributed by atoms with van der Waals surface area (Å²) in [6, 6.07) is 1.61. The molecule has 0 saturated carbocycles. The van der Waals surface area contributed by atoms with Gasteiger partial charge in [-0.05, 0) is 11.2 Å².